The van der Waals surface area contributed by atoms with Crippen LogP contribution in [0.5, 0.6) is 0 Å². The van der Waals surface area contributed by atoms with Crippen molar-refractivity contribution in [2.45, 2.75) is 26.3 Å². The minimum atomic E-state index is -0.260. The van der Waals surface area contributed by atoms with E-state index >= 15 is 0 Å². The summed E-state index contributed by atoms with van der Waals surface area (Å²) < 4.78 is 0. The zero-order valence-corrected chi connectivity index (χ0v) is 10.8. The lowest BCUT2D eigenvalue weighted by atomic mass is 10.0. The highest BCUT2D eigenvalue weighted by molar-refractivity contribution is 5.95. The van der Waals surface area contributed by atoms with Crippen molar-refractivity contribution in [1.82, 2.24) is 0 Å². The Morgan fingerprint density at radius 2 is 2.00 bits per heavy atom. The molecule has 1 aromatic rings. The number of nitrogens with two attached hydrogens (primary N) is 1. The standard InChI is InChI=1S/C14H19N3O/c1-11(12(2)16)14(18)17(10-6-9-15)13-7-4-3-5-8-13/h3-5,7-8,11-12H,6,10,16H2,1-2H3. The van der Waals surface area contributed by atoms with E-state index in [2.05, 4.69) is 6.07 Å². The Hall–Kier alpha value is -1.86. The van der Waals surface area contributed by atoms with E-state index in [9.17, 15) is 4.79 Å². The first-order valence-corrected chi connectivity index (χ1v) is 6.07. The van der Waals surface area contributed by atoms with Crippen molar-refractivity contribution in [2.75, 3.05) is 11.4 Å². The number of amides is 1. The van der Waals surface area contributed by atoms with Gasteiger partial charge in [0.05, 0.1) is 18.4 Å². The SMILES string of the molecule is CC(N)C(C)C(=O)N(CCC#N)c1ccccc1. The highest BCUT2D eigenvalue weighted by Crippen LogP contribution is 2.17. The zero-order chi connectivity index (χ0) is 13.5. The van der Waals surface area contributed by atoms with Gasteiger partial charge >= 0.3 is 0 Å². The van der Waals surface area contributed by atoms with Crippen LogP contribution < -0.4 is 10.6 Å². The highest BCUT2D eigenvalue weighted by Gasteiger charge is 2.24. The van der Waals surface area contributed by atoms with Gasteiger partial charge in [0.25, 0.3) is 0 Å². The summed E-state index contributed by atoms with van der Waals surface area (Å²) in [4.78, 5) is 14.0. The third kappa shape index (κ3) is 3.57. The third-order valence-corrected chi connectivity index (χ3v) is 2.96. The Balaban J connectivity index is 2.92. The largest absolute Gasteiger partial charge is 0.327 e. The molecule has 0 radical (unpaired) electrons. The summed E-state index contributed by atoms with van der Waals surface area (Å²) in [6.07, 6.45) is 0.312. The van der Waals surface area contributed by atoms with E-state index in [0.29, 0.717) is 13.0 Å². The van der Waals surface area contributed by atoms with Gasteiger partial charge in [-0.05, 0) is 19.1 Å². The average Bonchev–Trinajstić information content (AvgIpc) is 2.39. The maximum atomic E-state index is 12.3. The predicted octanol–water partition coefficient (Wildman–Crippen LogP) is 1.92. The fourth-order valence-corrected chi connectivity index (χ4v) is 1.61. The molecular formula is C14H19N3O. The van der Waals surface area contributed by atoms with Crippen molar-refractivity contribution < 1.29 is 4.79 Å². The molecule has 0 aliphatic rings. The molecule has 1 rings (SSSR count). The molecule has 0 aromatic heterocycles. The summed E-state index contributed by atoms with van der Waals surface area (Å²) in [6.45, 7) is 4.03. The van der Waals surface area contributed by atoms with E-state index in [1.54, 1.807) is 4.90 Å². The van der Waals surface area contributed by atoms with Crippen LogP contribution in [0, 0.1) is 17.2 Å². The lowest BCUT2D eigenvalue weighted by molar-refractivity contribution is -0.122. The summed E-state index contributed by atoms with van der Waals surface area (Å²) in [5, 5.41) is 8.68. The number of anilines is 1. The Kier molecular flexibility index (Phi) is 5.34. The summed E-state index contributed by atoms with van der Waals surface area (Å²) in [7, 11) is 0. The summed E-state index contributed by atoms with van der Waals surface area (Å²) >= 11 is 0. The molecule has 4 nitrogen and oxygen atoms in total. The van der Waals surface area contributed by atoms with Crippen molar-refractivity contribution in [3.63, 3.8) is 0 Å². The van der Waals surface area contributed by atoms with E-state index in [1.807, 2.05) is 44.2 Å². The van der Waals surface area contributed by atoms with Crippen LogP contribution in [-0.4, -0.2) is 18.5 Å². The van der Waals surface area contributed by atoms with Crippen LogP contribution in [0.4, 0.5) is 5.69 Å². The number of carbonyl (C=O) groups excluding carboxylic acids is 1. The first-order chi connectivity index (χ1) is 8.57. The fourth-order valence-electron chi connectivity index (χ4n) is 1.61. The van der Waals surface area contributed by atoms with Crippen LogP contribution in [0.3, 0.4) is 0 Å². The molecule has 1 amide bonds. The van der Waals surface area contributed by atoms with Crippen LogP contribution in [0.1, 0.15) is 20.3 Å². The van der Waals surface area contributed by atoms with Crippen molar-refractivity contribution >= 4 is 11.6 Å². The number of carbonyl (C=O) groups is 1. The van der Waals surface area contributed by atoms with Crippen LogP contribution >= 0.6 is 0 Å². The molecule has 0 heterocycles. The van der Waals surface area contributed by atoms with Crippen LogP contribution in [0.25, 0.3) is 0 Å². The van der Waals surface area contributed by atoms with E-state index in [0.717, 1.165) is 5.69 Å². The molecule has 0 fully saturated rings. The first-order valence-electron chi connectivity index (χ1n) is 6.07. The van der Waals surface area contributed by atoms with Gasteiger partial charge in [-0.15, -0.1) is 0 Å². The molecule has 2 N–H and O–H groups in total. The van der Waals surface area contributed by atoms with Crippen LogP contribution in [-0.2, 0) is 4.79 Å². The van der Waals surface area contributed by atoms with Gasteiger partial charge < -0.3 is 10.6 Å². The quantitative estimate of drug-likeness (QED) is 0.861. The van der Waals surface area contributed by atoms with Gasteiger partial charge in [0, 0.05) is 18.3 Å². The maximum Gasteiger partial charge on any atom is 0.231 e. The highest BCUT2D eigenvalue weighted by atomic mass is 16.2. The number of benzene rings is 1. The monoisotopic (exact) mass is 245 g/mol. The molecule has 2 atom stereocenters. The van der Waals surface area contributed by atoms with Crippen molar-refractivity contribution in [3.05, 3.63) is 30.3 Å². The molecule has 0 saturated carbocycles. The summed E-state index contributed by atoms with van der Waals surface area (Å²) in [5.41, 5.74) is 6.58. The van der Waals surface area contributed by atoms with Gasteiger partial charge in [-0.25, -0.2) is 0 Å². The second-order valence-electron chi connectivity index (χ2n) is 4.38. The van der Waals surface area contributed by atoms with Gasteiger partial charge in [0.2, 0.25) is 5.91 Å². The average molecular weight is 245 g/mol. The molecule has 4 heteroatoms. The topological polar surface area (TPSA) is 70.1 Å². The minimum absolute atomic E-state index is 0.0357. The lowest BCUT2D eigenvalue weighted by Crippen LogP contribution is -2.42. The van der Waals surface area contributed by atoms with Gasteiger partial charge in [-0.1, -0.05) is 25.1 Å². The number of rotatable bonds is 5. The number of para-hydroxylation sites is 1. The second kappa shape index (κ2) is 6.77. The molecule has 18 heavy (non-hydrogen) atoms. The summed E-state index contributed by atoms with van der Waals surface area (Å²) in [5.74, 6) is -0.296. The lowest BCUT2D eigenvalue weighted by Gasteiger charge is -2.26. The third-order valence-electron chi connectivity index (χ3n) is 2.96. The molecule has 0 saturated heterocycles. The molecule has 0 spiro atoms. The number of hydrogen-bond acceptors (Lipinski definition) is 3. The maximum absolute atomic E-state index is 12.3. The molecular weight excluding hydrogens is 226 g/mol. The first kappa shape index (κ1) is 14.2. The van der Waals surface area contributed by atoms with Crippen molar-refractivity contribution in [1.29, 1.82) is 5.26 Å². The smallest absolute Gasteiger partial charge is 0.231 e. The Bertz CT molecular complexity index is 422. The van der Waals surface area contributed by atoms with Gasteiger partial charge in [-0.2, -0.15) is 5.26 Å². The molecule has 0 bridgehead atoms. The second-order valence-corrected chi connectivity index (χ2v) is 4.38. The fraction of sp³-hybridized carbons (Fsp3) is 0.429. The van der Waals surface area contributed by atoms with Gasteiger partial charge in [-0.3, -0.25) is 4.79 Å². The van der Waals surface area contributed by atoms with Gasteiger partial charge in [0.15, 0.2) is 0 Å². The number of hydrogen-bond donors (Lipinski definition) is 1. The molecule has 1 aromatic carbocycles. The predicted molar refractivity (Wildman–Crippen MR) is 71.8 cm³/mol. The van der Waals surface area contributed by atoms with E-state index in [4.69, 9.17) is 11.0 Å². The summed E-state index contributed by atoms with van der Waals surface area (Å²) in [6, 6.07) is 11.2. The number of nitriles is 1. The Morgan fingerprint density at radius 1 is 1.39 bits per heavy atom. The molecule has 0 aliphatic heterocycles. The van der Waals surface area contributed by atoms with Crippen LogP contribution in [0.2, 0.25) is 0 Å². The zero-order valence-electron chi connectivity index (χ0n) is 10.8. The van der Waals surface area contributed by atoms with Gasteiger partial charge in [0.1, 0.15) is 0 Å². The minimum Gasteiger partial charge on any atom is -0.327 e. The van der Waals surface area contributed by atoms with Crippen LogP contribution in [0.15, 0.2) is 30.3 Å². The molecule has 2 unspecified atom stereocenters. The molecule has 0 aliphatic carbocycles. The van der Waals surface area contributed by atoms with E-state index in [1.165, 1.54) is 0 Å². The molecule has 96 valence electrons. The normalized spacial score (nSPS) is 13.4. The van der Waals surface area contributed by atoms with Crippen molar-refractivity contribution in [3.8, 4) is 6.07 Å². The number of nitrogens with zero attached hydrogens (tertiary/aromatic N) is 2. The Morgan fingerprint density at radius 3 is 2.50 bits per heavy atom. The Labute approximate surface area is 108 Å². The van der Waals surface area contributed by atoms with Crippen molar-refractivity contribution in [2.24, 2.45) is 11.7 Å². The van der Waals surface area contributed by atoms with E-state index in [-0.39, 0.29) is 17.9 Å². The van der Waals surface area contributed by atoms with E-state index < -0.39 is 0 Å².